The fourth-order valence-electron chi connectivity index (χ4n) is 3.32. The van der Waals surface area contributed by atoms with Crippen molar-refractivity contribution in [2.45, 2.75) is 44.8 Å². The second-order valence-corrected chi connectivity index (χ2v) is 7.46. The number of aldehydes is 1. The molecule has 1 amide bonds. The Bertz CT molecular complexity index is 702. The first-order valence-electron chi connectivity index (χ1n) is 8.37. The summed E-state index contributed by atoms with van der Waals surface area (Å²) in [6.07, 6.45) is 2.52. The number of likely N-dealkylation sites (tertiary alicyclic amines) is 1. The zero-order valence-electron chi connectivity index (χ0n) is 14.7. The molecule has 1 fully saturated rings. The third-order valence-electron chi connectivity index (χ3n) is 4.56. The van der Waals surface area contributed by atoms with Crippen molar-refractivity contribution in [2.75, 3.05) is 13.1 Å². The Morgan fingerprint density at radius 1 is 1.40 bits per heavy atom. The van der Waals surface area contributed by atoms with Crippen LogP contribution in [0.2, 0.25) is 0 Å². The lowest BCUT2D eigenvalue weighted by Crippen LogP contribution is -2.58. The maximum atomic E-state index is 12.6. The van der Waals surface area contributed by atoms with Crippen LogP contribution in [0, 0.1) is 5.92 Å². The van der Waals surface area contributed by atoms with Gasteiger partial charge in [0.2, 0.25) is 0 Å². The van der Waals surface area contributed by atoms with Crippen LogP contribution in [0.3, 0.4) is 0 Å². The molecule has 7 heteroatoms. The van der Waals surface area contributed by atoms with Gasteiger partial charge in [-0.3, -0.25) is 4.79 Å². The molecule has 0 bridgehead atoms. The van der Waals surface area contributed by atoms with Crippen molar-refractivity contribution in [1.82, 2.24) is 9.88 Å². The van der Waals surface area contributed by atoms with Crippen molar-refractivity contribution in [3.63, 3.8) is 0 Å². The third-order valence-corrected chi connectivity index (χ3v) is 4.56. The van der Waals surface area contributed by atoms with E-state index in [4.69, 9.17) is 9.47 Å². The first-order valence-corrected chi connectivity index (χ1v) is 8.37. The number of carbonyl (C=O) groups excluding carboxylic acids is 3. The highest BCUT2D eigenvalue weighted by atomic mass is 16.6. The molecule has 1 spiro atoms. The second-order valence-electron chi connectivity index (χ2n) is 7.46. The summed E-state index contributed by atoms with van der Waals surface area (Å²) in [4.78, 5) is 42.1. The van der Waals surface area contributed by atoms with Crippen molar-refractivity contribution < 1.29 is 23.9 Å². The number of hydrogen-bond acceptors (Lipinski definition) is 6. The average Bonchev–Trinajstić information content (AvgIpc) is 2.54. The fraction of sp³-hybridized carbons (Fsp3) is 0.556. The van der Waals surface area contributed by atoms with Crippen LogP contribution in [0.25, 0.3) is 0 Å². The monoisotopic (exact) mass is 346 g/mol. The van der Waals surface area contributed by atoms with Crippen LogP contribution in [0.15, 0.2) is 18.3 Å². The van der Waals surface area contributed by atoms with E-state index in [0.717, 1.165) is 0 Å². The molecule has 1 aromatic heterocycles. The molecule has 1 unspecified atom stereocenters. The van der Waals surface area contributed by atoms with E-state index in [1.165, 1.54) is 6.20 Å². The molecule has 3 rings (SSSR count). The van der Waals surface area contributed by atoms with Gasteiger partial charge in [0.25, 0.3) is 0 Å². The Hall–Kier alpha value is -2.44. The van der Waals surface area contributed by atoms with Crippen LogP contribution in [-0.2, 0) is 9.53 Å². The van der Waals surface area contributed by atoms with E-state index in [2.05, 4.69) is 4.98 Å². The number of ether oxygens (including phenoxy) is 2. The summed E-state index contributed by atoms with van der Waals surface area (Å²) < 4.78 is 11.5. The number of amides is 1. The summed E-state index contributed by atoms with van der Waals surface area (Å²) >= 11 is 0. The fourth-order valence-corrected chi connectivity index (χ4v) is 3.32. The normalized spacial score (nSPS) is 22.1. The molecule has 3 heterocycles. The minimum atomic E-state index is -0.923. The van der Waals surface area contributed by atoms with E-state index in [1.54, 1.807) is 17.0 Å². The molecule has 1 saturated heterocycles. The highest BCUT2D eigenvalue weighted by Gasteiger charge is 2.52. The second kappa shape index (κ2) is 6.13. The summed E-state index contributed by atoms with van der Waals surface area (Å²) in [6.45, 7) is 6.16. The summed E-state index contributed by atoms with van der Waals surface area (Å²) in [7, 11) is 0. The Morgan fingerprint density at radius 3 is 2.68 bits per heavy atom. The van der Waals surface area contributed by atoms with Gasteiger partial charge in [0.05, 0.1) is 0 Å². The number of nitrogens with zero attached hydrogens (tertiary/aromatic N) is 2. The van der Waals surface area contributed by atoms with Crippen LogP contribution in [-0.4, -0.2) is 52.3 Å². The number of pyridine rings is 1. The van der Waals surface area contributed by atoms with E-state index in [1.807, 2.05) is 20.8 Å². The smallest absolute Gasteiger partial charge is 0.410 e. The zero-order valence-corrected chi connectivity index (χ0v) is 14.7. The average molecular weight is 346 g/mol. The lowest BCUT2D eigenvalue weighted by molar-refractivity contribution is -0.119. The van der Waals surface area contributed by atoms with Gasteiger partial charge in [0.15, 0.2) is 5.78 Å². The van der Waals surface area contributed by atoms with Gasteiger partial charge < -0.3 is 19.2 Å². The lowest BCUT2D eigenvalue weighted by Gasteiger charge is -2.46. The van der Waals surface area contributed by atoms with Gasteiger partial charge in [-0.15, -0.1) is 0 Å². The molecule has 0 radical (unpaired) electrons. The van der Waals surface area contributed by atoms with E-state index in [0.29, 0.717) is 38.0 Å². The van der Waals surface area contributed by atoms with Crippen LogP contribution in [0.1, 0.15) is 44.1 Å². The molecule has 0 N–H and O–H groups in total. The Morgan fingerprint density at radius 2 is 2.08 bits per heavy atom. The Kier molecular flexibility index (Phi) is 4.26. The zero-order chi connectivity index (χ0) is 18.2. The van der Waals surface area contributed by atoms with E-state index in [9.17, 15) is 14.4 Å². The molecule has 25 heavy (non-hydrogen) atoms. The number of fused-ring (bicyclic) bond motifs is 1. The molecule has 134 valence electrons. The Labute approximate surface area is 146 Å². The van der Waals surface area contributed by atoms with E-state index >= 15 is 0 Å². The molecule has 1 aromatic rings. The van der Waals surface area contributed by atoms with Gasteiger partial charge in [0, 0.05) is 32.1 Å². The standard InChI is InChI=1S/C18H22N2O5/c1-17(2,3)25-16(23)20-9-6-18(7-10-20)12(11-21)15(22)14-13(24-18)5-4-8-19-14/h4-5,8,11-12H,6-7,9-10H2,1-3H3. The van der Waals surface area contributed by atoms with Gasteiger partial charge in [-0.1, -0.05) is 0 Å². The molecule has 7 nitrogen and oxygen atoms in total. The minimum absolute atomic E-state index is 0.194. The molecule has 2 aliphatic rings. The van der Waals surface area contributed by atoms with Gasteiger partial charge >= 0.3 is 6.09 Å². The highest BCUT2D eigenvalue weighted by molar-refractivity contribution is 6.07. The van der Waals surface area contributed by atoms with Crippen LogP contribution in [0.4, 0.5) is 4.79 Å². The van der Waals surface area contributed by atoms with Gasteiger partial charge in [-0.25, -0.2) is 9.78 Å². The molecule has 0 saturated carbocycles. The summed E-state index contributed by atoms with van der Waals surface area (Å²) in [5, 5.41) is 0. The van der Waals surface area contributed by atoms with Crippen molar-refractivity contribution >= 4 is 18.2 Å². The van der Waals surface area contributed by atoms with Crippen molar-refractivity contribution in [2.24, 2.45) is 5.92 Å². The predicted octanol–water partition coefficient (Wildman–Crippen LogP) is 2.24. The highest BCUT2D eigenvalue weighted by Crippen LogP contribution is 2.41. The topological polar surface area (TPSA) is 85.8 Å². The molecule has 1 atom stereocenters. The van der Waals surface area contributed by atoms with Crippen LogP contribution in [0.5, 0.6) is 5.75 Å². The molecular weight excluding hydrogens is 324 g/mol. The summed E-state index contributed by atoms with van der Waals surface area (Å²) in [5.41, 5.74) is -1.30. The number of rotatable bonds is 1. The number of Topliss-reactive ketones (excluding diaryl/α,β-unsaturated/α-hetero) is 1. The van der Waals surface area contributed by atoms with Crippen LogP contribution >= 0.6 is 0 Å². The summed E-state index contributed by atoms with van der Waals surface area (Å²) in [5.74, 6) is -0.824. The van der Waals surface area contributed by atoms with Crippen LogP contribution < -0.4 is 4.74 Å². The van der Waals surface area contributed by atoms with Crippen molar-refractivity contribution in [3.05, 3.63) is 24.0 Å². The third kappa shape index (κ3) is 3.23. The maximum absolute atomic E-state index is 12.6. The summed E-state index contributed by atoms with van der Waals surface area (Å²) in [6, 6.07) is 3.38. The number of ketones is 1. The molecule has 0 aromatic carbocycles. The number of hydrogen-bond donors (Lipinski definition) is 0. The number of carbonyl (C=O) groups is 3. The lowest BCUT2D eigenvalue weighted by atomic mass is 9.75. The SMILES string of the molecule is CC(C)(C)OC(=O)N1CCC2(CC1)Oc1cccnc1C(=O)C2C=O. The van der Waals surface area contributed by atoms with Gasteiger partial charge in [0.1, 0.15) is 34.8 Å². The quantitative estimate of drug-likeness (QED) is 0.573. The first-order chi connectivity index (χ1) is 11.8. The largest absolute Gasteiger partial charge is 0.484 e. The van der Waals surface area contributed by atoms with Crippen molar-refractivity contribution in [3.8, 4) is 5.75 Å². The predicted molar refractivity (Wildman–Crippen MR) is 88.5 cm³/mol. The maximum Gasteiger partial charge on any atom is 0.410 e. The Balaban J connectivity index is 1.79. The van der Waals surface area contributed by atoms with E-state index in [-0.39, 0.29) is 11.5 Å². The molecule has 2 aliphatic heterocycles. The molecule has 0 aliphatic carbocycles. The van der Waals surface area contributed by atoms with E-state index < -0.39 is 23.2 Å². The first kappa shape index (κ1) is 17.4. The molecular formula is C18H22N2O5. The minimum Gasteiger partial charge on any atom is -0.484 e. The number of piperidine rings is 1. The number of aromatic nitrogens is 1. The van der Waals surface area contributed by atoms with Gasteiger partial charge in [-0.05, 0) is 32.9 Å². The van der Waals surface area contributed by atoms with Gasteiger partial charge in [-0.2, -0.15) is 0 Å². The van der Waals surface area contributed by atoms with Crippen molar-refractivity contribution in [1.29, 1.82) is 0 Å².